The zero-order chi connectivity index (χ0) is 19.4. The monoisotopic (exact) mass is 367 g/mol. The number of nitrogens with zero attached hydrogens (tertiary/aromatic N) is 2. The van der Waals surface area contributed by atoms with Gasteiger partial charge in [0.2, 0.25) is 0 Å². The molecule has 8 nitrogen and oxygen atoms in total. The fourth-order valence-electron chi connectivity index (χ4n) is 3.23. The van der Waals surface area contributed by atoms with Crippen LogP contribution in [0.2, 0.25) is 0 Å². The summed E-state index contributed by atoms with van der Waals surface area (Å²) in [6.45, 7) is 0.613. The van der Waals surface area contributed by atoms with E-state index in [2.05, 4.69) is 15.3 Å². The van der Waals surface area contributed by atoms with Gasteiger partial charge in [-0.1, -0.05) is 24.3 Å². The van der Waals surface area contributed by atoms with Crippen molar-refractivity contribution >= 4 is 17.6 Å². The Bertz CT molecular complexity index is 849. The van der Waals surface area contributed by atoms with Gasteiger partial charge in [-0.2, -0.15) is 0 Å². The van der Waals surface area contributed by atoms with Crippen LogP contribution in [0.4, 0.5) is 0 Å². The van der Waals surface area contributed by atoms with Crippen LogP contribution in [0.25, 0.3) is 11.3 Å². The number of rotatable bonds is 6. The Morgan fingerprint density at radius 2 is 1.96 bits per heavy atom. The largest absolute Gasteiger partial charge is 0.481 e. The van der Waals surface area contributed by atoms with Crippen LogP contribution in [0.3, 0.4) is 0 Å². The average molecular weight is 367 g/mol. The number of carboxylic acid groups (broad SMARTS) is 1. The van der Waals surface area contributed by atoms with Crippen molar-refractivity contribution in [2.45, 2.75) is 25.3 Å². The van der Waals surface area contributed by atoms with E-state index in [1.165, 1.54) is 12.4 Å². The van der Waals surface area contributed by atoms with Crippen molar-refractivity contribution < 1.29 is 14.7 Å². The molecule has 2 atom stereocenters. The van der Waals surface area contributed by atoms with Crippen LogP contribution < -0.4 is 11.1 Å². The van der Waals surface area contributed by atoms with E-state index in [4.69, 9.17) is 16.2 Å². The Balaban J connectivity index is 1.70. The summed E-state index contributed by atoms with van der Waals surface area (Å²) in [5.41, 5.74) is 7.74. The van der Waals surface area contributed by atoms with Gasteiger partial charge in [-0.3, -0.25) is 20.0 Å². The Hall–Kier alpha value is -3.13. The van der Waals surface area contributed by atoms with Gasteiger partial charge in [0, 0.05) is 17.5 Å². The number of carbonyl (C=O) groups is 2. The maximum Gasteiger partial charge on any atom is 0.303 e. The molecule has 1 fully saturated rings. The van der Waals surface area contributed by atoms with Gasteiger partial charge in [0.25, 0.3) is 0 Å². The minimum atomic E-state index is -0.840. The molecule has 1 aliphatic rings. The Labute approximate surface area is 156 Å². The molecule has 5 N–H and O–H groups in total. The molecular formula is C19H21N5O3. The molecule has 0 saturated carbocycles. The second kappa shape index (κ2) is 8.05. The van der Waals surface area contributed by atoms with E-state index in [-0.39, 0.29) is 29.7 Å². The van der Waals surface area contributed by atoms with Crippen molar-refractivity contribution in [1.29, 1.82) is 5.41 Å². The zero-order valence-electron chi connectivity index (χ0n) is 14.7. The van der Waals surface area contributed by atoms with Crippen molar-refractivity contribution in [2.24, 2.45) is 11.7 Å². The van der Waals surface area contributed by atoms with Gasteiger partial charge in [0.05, 0.1) is 24.1 Å². The Kier molecular flexibility index (Phi) is 5.56. The molecule has 2 unspecified atom stereocenters. The molecule has 0 aliphatic carbocycles. The predicted octanol–water partition coefficient (Wildman–Crippen LogP) is 1.45. The minimum Gasteiger partial charge on any atom is -0.481 e. The van der Waals surface area contributed by atoms with Crippen molar-refractivity contribution in [1.82, 2.24) is 15.3 Å². The number of hydrogen-bond donors (Lipinski definition) is 4. The summed E-state index contributed by atoms with van der Waals surface area (Å²) >= 11 is 0. The van der Waals surface area contributed by atoms with E-state index >= 15 is 0 Å². The Morgan fingerprint density at radius 1 is 1.22 bits per heavy atom. The van der Waals surface area contributed by atoms with Crippen LogP contribution in [-0.4, -0.2) is 45.2 Å². The number of hydrogen-bond acceptors (Lipinski definition) is 6. The molecule has 3 rings (SSSR count). The van der Waals surface area contributed by atoms with Crippen LogP contribution in [0, 0.1) is 11.3 Å². The Morgan fingerprint density at radius 3 is 2.56 bits per heavy atom. The lowest BCUT2D eigenvalue weighted by Crippen LogP contribution is -2.44. The van der Waals surface area contributed by atoms with Crippen LogP contribution >= 0.6 is 0 Å². The number of aromatic nitrogens is 2. The number of carbonyl (C=O) groups excluding carboxylic acids is 1. The molecule has 0 radical (unpaired) electrons. The number of nitrogen functional groups attached to an aromatic ring is 1. The maximum absolute atomic E-state index is 12.6. The highest BCUT2D eigenvalue weighted by molar-refractivity contribution is 5.98. The highest BCUT2D eigenvalue weighted by atomic mass is 16.4. The first-order chi connectivity index (χ1) is 12.9. The quantitative estimate of drug-likeness (QED) is 0.344. The van der Waals surface area contributed by atoms with Gasteiger partial charge >= 0.3 is 5.97 Å². The van der Waals surface area contributed by atoms with Crippen molar-refractivity contribution in [3.8, 4) is 11.3 Å². The van der Waals surface area contributed by atoms with Gasteiger partial charge in [-0.15, -0.1) is 0 Å². The molecule has 2 aromatic rings. The summed E-state index contributed by atoms with van der Waals surface area (Å²) < 4.78 is 0. The molecule has 27 heavy (non-hydrogen) atoms. The number of aliphatic carboxylic acids is 1. The van der Waals surface area contributed by atoms with Crippen molar-refractivity contribution in [2.75, 3.05) is 6.54 Å². The lowest BCUT2D eigenvalue weighted by Gasteiger charge is -2.28. The molecular weight excluding hydrogens is 346 g/mol. The van der Waals surface area contributed by atoms with Crippen LogP contribution in [-0.2, 0) is 4.79 Å². The van der Waals surface area contributed by atoms with Gasteiger partial charge in [-0.25, -0.2) is 4.98 Å². The van der Waals surface area contributed by atoms with Crippen LogP contribution in [0.1, 0.15) is 35.3 Å². The zero-order valence-corrected chi connectivity index (χ0v) is 14.7. The number of nitrogens with two attached hydrogens (primary N) is 1. The molecule has 0 bridgehead atoms. The lowest BCUT2D eigenvalue weighted by atomic mass is 9.87. The smallest absolute Gasteiger partial charge is 0.303 e. The SMILES string of the molecule is N=C(N)c1ccc(-c2cnc(C(=O)C3CC(CC(=O)O)CCN3)cn2)cc1. The minimum absolute atomic E-state index is 0.00485. The standard InChI is InChI=1S/C19H21N5O3/c20-19(21)13-3-1-12(2-4-13)15-9-24-16(10-23-15)18(27)14-7-11(5-6-22-14)8-17(25)26/h1-4,9-11,14,22H,5-8H2,(H3,20,21)(H,25,26). The molecule has 140 valence electrons. The first-order valence-corrected chi connectivity index (χ1v) is 8.70. The number of piperidine rings is 1. The van der Waals surface area contributed by atoms with E-state index in [9.17, 15) is 9.59 Å². The molecule has 1 aromatic heterocycles. The predicted molar refractivity (Wildman–Crippen MR) is 99.6 cm³/mol. The van der Waals surface area contributed by atoms with Crippen molar-refractivity contribution in [3.05, 3.63) is 47.9 Å². The maximum atomic E-state index is 12.6. The molecule has 1 saturated heterocycles. The average Bonchev–Trinajstić information content (AvgIpc) is 2.67. The third kappa shape index (κ3) is 4.53. The molecule has 0 amide bonds. The lowest BCUT2D eigenvalue weighted by molar-refractivity contribution is -0.138. The van der Waals surface area contributed by atoms with Gasteiger partial charge < -0.3 is 16.2 Å². The van der Waals surface area contributed by atoms with Crippen LogP contribution in [0.15, 0.2) is 36.7 Å². The molecule has 0 spiro atoms. The number of nitrogens with one attached hydrogen (secondary N) is 2. The topological polar surface area (TPSA) is 142 Å². The third-order valence-electron chi connectivity index (χ3n) is 4.69. The van der Waals surface area contributed by atoms with Crippen molar-refractivity contribution in [3.63, 3.8) is 0 Å². The molecule has 8 heteroatoms. The highest BCUT2D eigenvalue weighted by Crippen LogP contribution is 2.22. The normalized spacial score (nSPS) is 19.4. The number of amidine groups is 1. The second-order valence-corrected chi connectivity index (χ2v) is 6.64. The summed E-state index contributed by atoms with van der Waals surface area (Å²) in [7, 11) is 0. The molecule has 1 aliphatic heterocycles. The first-order valence-electron chi connectivity index (χ1n) is 8.70. The number of ketones is 1. The summed E-state index contributed by atoms with van der Waals surface area (Å²) in [4.78, 5) is 32.1. The number of Topliss-reactive ketones (excluding diaryl/α,β-unsaturated/α-hetero) is 1. The van der Waals surface area contributed by atoms with E-state index < -0.39 is 12.0 Å². The first kappa shape index (κ1) is 18.7. The molecule has 2 heterocycles. The summed E-state index contributed by atoms with van der Waals surface area (Å²) in [5.74, 6) is -1.02. The van der Waals surface area contributed by atoms with Gasteiger partial charge in [0.15, 0.2) is 5.78 Å². The number of carboxylic acids is 1. The molecule has 1 aromatic carbocycles. The van der Waals surface area contributed by atoms with Gasteiger partial charge in [0.1, 0.15) is 11.5 Å². The van der Waals surface area contributed by atoms with E-state index in [1.54, 1.807) is 24.3 Å². The second-order valence-electron chi connectivity index (χ2n) is 6.64. The van der Waals surface area contributed by atoms with E-state index in [0.29, 0.717) is 24.2 Å². The number of benzene rings is 1. The fourth-order valence-corrected chi connectivity index (χ4v) is 3.23. The van der Waals surface area contributed by atoms with E-state index in [0.717, 1.165) is 12.0 Å². The summed E-state index contributed by atoms with van der Waals surface area (Å²) in [6.07, 6.45) is 4.29. The van der Waals surface area contributed by atoms with E-state index in [1.807, 2.05) is 0 Å². The third-order valence-corrected chi connectivity index (χ3v) is 4.69. The van der Waals surface area contributed by atoms with Gasteiger partial charge in [-0.05, 0) is 25.3 Å². The van der Waals surface area contributed by atoms with Crippen LogP contribution in [0.5, 0.6) is 0 Å². The highest BCUT2D eigenvalue weighted by Gasteiger charge is 2.29. The summed E-state index contributed by atoms with van der Waals surface area (Å²) in [5, 5.41) is 19.5. The summed E-state index contributed by atoms with van der Waals surface area (Å²) in [6, 6.07) is 6.61. The fraction of sp³-hybridized carbons (Fsp3) is 0.316.